The van der Waals surface area contributed by atoms with Gasteiger partial charge >= 0.3 is 0 Å². The monoisotopic (exact) mass is 205 g/mol. The van der Waals surface area contributed by atoms with Crippen molar-refractivity contribution >= 4 is 11.5 Å². The topological polar surface area (TPSA) is 43.1 Å². The molecule has 0 amide bonds. The second kappa shape index (κ2) is 4.96. The molecule has 0 atom stereocenters. The zero-order valence-electron chi connectivity index (χ0n) is 9.71. The maximum Gasteiger partial charge on any atom is 0.167 e. The van der Waals surface area contributed by atoms with Crippen LogP contribution in [0.3, 0.4) is 0 Å². The van der Waals surface area contributed by atoms with Gasteiger partial charge in [-0.25, -0.2) is 0 Å². The lowest BCUT2D eigenvalue weighted by molar-refractivity contribution is 0.0914. The summed E-state index contributed by atoms with van der Waals surface area (Å²) in [5.41, 5.74) is 8.18. The molecule has 15 heavy (non-hydrogen) atoms. The number of Topliss-reactive ketones (excluding diaryl/α,β-unsaturated/α-hetero) is 1. The fourth-order valence-electron chi connectivity index (χ4n) is 1.76. The predicted octanol–water partition coefficient (Wildman–Crippen LogP) is 3.20. The zero-order valence-corrected chi connectivity index (χ0v) is 9.71. The van der Waals surface area contributed by atoms with Gasteiger partial charge in [0.05, 0.1) is 0 Å². The summed E-state index contributed by atoms with van der Waals surface area (Å²) in [5, 5.41) is 0. The number of anilines is 1. The van der Waals surface area contributed by atoms with Crippen LogP contribution in [0.15, 0.2) is 18.2 Å². The molecule has 1 aromatic carbocycles. The Kier molecular flexibility index (Phi) is 3.89. The lowest BCUT2D eigenvalue weighted by Gasteiger charge is -2.13. The summed E-state index contributed by atoms with van der Waals surface area (Å²) in [4.78, 5) is 12.1. The Bertz CT molecular complexity index is 354. The maximum atomic E-state index is 12.1. The summed E-state index contributed by atoms with van der Waals surface area (Å²) in [5.74, 6) is 0.287. The molecule has 2 nitrogen and oxygen atoms in total. The number of ketones is 1. The van der Waals surface area contributed by atoms with Gasteiger partial charge in [0.2, 0.25) is 0 Å². The number of benzene rings is 1. The van der Waals surface area contributed by atoms with Crippen LogP contribution in [0.2, 0.25) is 0 Å². The number of nitrogen functional groups attached to an aromatic ring is 1. The number of rotatable bonds is 4. The van der Waals surface area contributed by atoms with Crippen molar-refractivity contribution in [1.29, 1.82) is 0 Å². The highest BCUT2D eigenvalue weighted by atomic mass is 16.1. The molecular formula is C13H19NO. The van der Waals surface area contributed by atoms with Crippen LogP contribution >= 0.6 is 0 Å². The lowest BCUT2D eigenvalue weighted by Crippen LogP contribution is -2.15. The molecule has 0 heterocycles. The van der Waals surface area contributed by atoms with E-state index in [1.807, 2.05) is 39.0 Å². The molecule has 0 aliphatic heterocycles. The van der Waals surface area contributed by atoms with Crippen molar-refractivity contribution < 1.29 is 4.79 Å². The standard InChI is InChI=1S/C13H19NO/c1-4-10(5-2)13(15)11-8-9(3)6-7-12(11)14/h6-8,10H,4-5,14H2,1-3H3. The number of carbonyl (C=O) groups is 1. The SMILES string of the molecule is CCC(CC)C(=O)c1cc(C)ccc1N. The van der Waals surface area contributed by atoms with Gasteiger partial charge in [0, 0.05) is 17.2 Å². The molecule has 0 bridgehead atoms. The molecular weight excluding hydrogens is 186 g/mol. The molecule has 0 spiro atoms. The first-order valence-corrected chi connectivity index (χ1v) is 5.50. The van der Waals surface area contributed by atoms with Gasteiger partial charge in [-0.15, -0.1) is 0 Å². The van der Waals surface area contributed by atoms with Crippen molar-refractivity contribution in [3.63, 3.8) is 0 Å². The summed E-state index contributed by atoms with van der Waals surface area (Å²) in [7, 11) is 0. The van der Waals surface area contributed by atoms with Gasteiger partial charge in [-0.2, -0.15) is 0 Å². The van der Waals surface area contributed by atoms with Crippen LogP contribution in [0.4, 0.5) is 5.69 Å². The van der Waals surface area contributed by atoms with E-state index in [1.165, 1.54) is 0 Å². The third-order valence-electron chi connectivity index (χ3n) is 2.83. The Morgan fingerprint density at radius 1 is 1.33 bits per heavy atom. The first kappa shape index (κ1) is 11.8. The minimum atomic E-state index is 0.106. The molecule has 0 aliphatic carbocycles. The second-order valence-electron chi connectivity index (χ2n) is 3.97. The molecule has 0 saturated carbocycles. The van der Waals surface area contributed by atoms with Crippen LogP contribution in [0.5, 0.6) is 0 Å². The normalized spacial score (nSPS) is 10.7. The van der Waals surface area contributed by atoms with Crippen LogP contribution in [-0.4, -0.2) is 5.78 Å². The minimum Gasteiger partial charge on any atom is -0.398 e. The molecule has 0 unspecified atom stereocenters. The van der Waals surface area contributed by atoms with Gasteiger partial charge in [0.15, 0.2) is 5.78 Å². The van der Waals surface area contributed by atoms with Crippen molar-refractivity contribution in [1.82, 2.24) is 0 Å². The Hall–Kier alpha value is -1.31. The summed E-state index contributed by atoms with van der Waals surface area (Å²) in [6, 6.07) is 5.62. The minimum absolute atomic E-state index is 0.106. The highest BCUT2D eigenvalue weighted by molar-refractivity contribution is 6.02. The Labute approximate surface area is 91.5 Å². The number of carbonyl (C=O) groups excluding carboxylic acids is 1. The molecule has 0 aromatic heterocycles. The van der Waals surface area contributed by atoms with Crippen molar-refractivity contribution in [2.75, 3.05) is 5.73 Å². The molecule has 0 fully saturated rings. The van der Waals surface area contributed by atoms with Crippen molar-refractivity contribution in [3.05, 3.63) is 29.3 Å². The average Bonchev–Trinajstić information content (AvgIpc) is 2.23. The van der Waals surface area contributed by atoms with E-state index in [0.29, 0.717) is 11.3 Å². The van der Waals surface area contributed by atoms with Gasteiger partial charge in [0.1, 0.15) is 0 Å². The molecule has 1 rings (SSSR count). The Morgan fingerprint density at radius 2 is 1.93 bits per heavy atom. The molecule has 0 saturated heterocycles. The number of hydrogen-bond acceptors (Lipinski definition) is 2. The van der Waals surface area contributed by atoms with E-state index in [-0.39, 0.29) is 11.7 Å². The van der Waals surface area contributed by atoms with Crippen LogP contribution in [0.1, 0.15) is 42.6 Å². The van der Waals surface area contributed by atoms with Gasteiger partial charge in [0.25, 0.3) is 0 Å². The summed E-state index contributed by atoms with van der Waals surface area (Å²) < 4.78 is 0. The van der Waals surface area contributed by atoms with Crippen LogP contribution in [0.25, 0.3) is 0 Å². The number of aryl methyl sites for hydroxylation is 1. The van der Waals surface area contributed by atoms with E-state index in [9.17, 15) is 4.79 Å². The fourth-order valence-corrected chi connectivity index (χ4v) is 1.76. The first-order valence-electron chi connectivity index (χ1n) is 5.50. The Balaban J connectivity index is 3.04. The molecule has 82 valence electrons. The van der Waals surface area contributed by atoms with E-state index in [1.54, 1.807) is 0 Å². The Morgan fingerprint density at radius 3 is 2.47 bits per heavy atom. The van der Waals surface area contributed by atoms with E-state index in [2.05, 4.69) is 0 Å². The first-order chi connectivity index (χ1) is 7.10. The highest BCUT2D eigenvalue weighted by Crippen LogP contribution is 2.21. The van der Waals surface area contributed by atoms with Gasteiger partial charge in [-0.3, -0.25) is 4.79 Å². The second-order valence-corrected chi connectivity index (χ2v) is 3.97. The van der Waals surface area contributed by atoms with Gasteiger partial charge in [-0.05, 0) is 31.9 Å². The third-order valence-corrected chi connectivity index (χ3v) is 2.83. The lowest BCUT2D eigenvalue weighted by atomic mass is 9.91. The van der Waals surface area contributed by atoms with E-state index >= 15 is 0 Å². The molecule has 2 N–H and O–H groups in total. The van der Waals surface area contributed by atoms with Gasteiger partial charge in [-0.1, -0.05) is 25.5 Å². The maximum absolute atomic E-state index is 12.1. The van der Waals surface area contributed by atoms with Crippen molar-refractivity contribution in [2.24, 2.45) is 5.92 Å². The molecule has 2 heteroatoms. The van der Waals surface area contributed by atoms with Crippen molar-refractivity contribution in [2.45, 2.75) is 33.6 Å². The zero-order chi connectivity index (χ0) is 11.4. The van der Waals surface area contributed by atoms with Crippen LogP contribution in [-0.2, 0) is 0 Å². The smallest absolute Gasteiger partial charge is 0.167 e. The number of nitrogens with two attached hydrogens (primary N) is 1. The molecule has 0 radical (unpaired) electrons. The number of hydrogen-bond donors (Lipinski definition) is 1. The summed E-state index contributed by atoms with van der Waals surface area (Å²) in [6.07, 6.45) is 1.76. The van der Waals surface area contributed by atoms with E-state index in [4.69, 9.17) is 5.73 Å². The van der Waals surface area contributed by atoms with Crippen molar-refractivity contribution in [3.8, 4) is 0 Å². The summed E-state index contributed by atoms with van der Waals surface area (Å²) >= 11 is 0. The van der Waals surface area contributed by atoms with Crippen LogP contribution < -0.4 is 5.73 Å². The molecule has 0 aliphatic rings. The third kappa shape index (κ3) is 2.58. The molecule has 1 aromatic rings. The quantitative estimate of drug-likeness (QED) is 0.606. The van der Waals surface area contributed by atoms with Crippen LogP contribution in [0, 0.1) is 12.8 Å². The average molecular weight is 205 g/mol. The van der Waals surface area contributed by atoms with E-state index in [0.717, 1.165) is 18.4 Å². The van der Waals surface area contributed by atoms with Gasteiger partial charge < -0.3 is 5.73 Å². The fraction of sp³-hybridized carbons (Fsp3) is 0.462. The largest absolute Gasteiger partial charge is 0.398 e. The summed E-state index contributed by atoms with van der Waals surface area (Å²) in [6.45, 7) is 6.05. The van der Waals surface area contributed by atoms with E-state index < -0.39 is 0 Å². The highest BCUT2D eigenvalue weighted by Gasteiger charge is 2.18. The predicted molar refractivity (Wildman–Crippen MR) is 64.0 cm³/mol.